The lowest BCUT2D eigenvalue weighted by atomic mass is 9.87. The number of amides is 1. The van der Waals surface area contributed by atoms with Crippen molar-refractivity contribution in [3.63, 3.8) is 0 Å². The summed E-state index contributed by atoms with van der Waals surface area (Å²) in [5.41, 5.74) is 0.914. The second-order valence-corrected chi connectivity index (χ2v) is 6.44. The molecule has 0 aromatic carbocycles. The second kappa shape index (κ2) is 4.71. The molecule has 100 valence electrons. The van der Waals surface area contributed by atoms with Gasteiger partial charge in [0.1, 0.15) is 11.6 Å². The van der Waals surface area contributed by atoms with Gasteiger partial charge in [-0.25, -0.2) is 4.98 Å². The molecule has 2 fully saturated rings. The largest absolute Gasteiger partial charge is 0.310 e. The maximum Gasteiger partial charge on any atom is 0.229 e. The first-order chi connectivity index (χ1) is 9.04. The summed E-state index contributed by atoms with van der Waals surface area (Å²) in [7, 11) is 0. The van der Waals surface area contributed by atoms with Crippen LogP contribution in [0.25, 0.3) is 0 Å². The normalized spacial score (nSPS) is 28.7. The van der Waals surface area contributed by atoms with Gasteiger partial charge >= 0.3 is 0 Å². The molecule has 4 nitrogen and oxygen atoms in total. The molecule has 1 N–H and O–H groups in total. The standard InChI is InChI=1S/C14H15BrN2O2/c1-7-2-9(15)6-16-13(7)17-14(19)11-4-8-3-10(11)12(18)5-8/h2,6,8,10-11H,3-5H2,1H3,(H,16,17,19)/t8-,10+,11?/m1/s1. The zero-order chi connectivity index (χ0) is 13.6. The van der Waals surface area contributed by atoms with Crippen LogP contribution in [0.1, 0.15) is 24.8 Å². The average Bonchev–Trinajstić information content (AvgIpc) is 2.91. The number of Topliss-reactive ketones (excluding diaryl/α,β-unsaturated/α-hetero) is 1. The van der Waals surface area contributed by atoms with Gasteiger partial charge < -0.3 is 5.32 Å². The van der Waals surface area contributed by atoms with E-state index in [1.54, 1.807) is 6.20 Å². The van der Waals surface area contributed by atoms with Crippen LogP contribution >= 0.6 is 15.9 Å². The predicted octanol–water partition coefficient (Wildman–Crippen LogP) is 2.71. The Morgan fingerprint density at radius 1 is 1.47 bits per heavy atom. The van der Waals surface area contributed by atoms with E-state index in [1.807, 2.05) is 13.0 Å². The molecule has 2 aliphatic carbocycles. The third-order valence-electron chi connectivity index (χ3n) is 4.19. The van der Waals surface area contributed by atoms with Gasteiger partial charge in [-0.3, -0.25) is 9.59 Å². The number of fused-ring (bicyclic) bond motifs is 2. The molecule has 1 heterocycles. The number of nitrogens with zero attached hydrogens (tertiary/aromatic N) is 1. The fraction of sp³-hybridized carbons (Fsp3) is 0.500. The summed E-state index contributed by atoms with van der Waals surface area (Å²) in [6.07, 6.45) is 4.07. The number of carbonyl (C=O) groups excluding carboxylic acids is 2. The van der Waals surface area contributed by atoms with Gasteiger partial charge in [-0.05, 0) is 53.2 Å². The van der Waals surface area contributed by atoms with Crippen LogP contribution in [0.5, 0.6) is 0 Å². The number of nitrogens with one attached hydrogen (secondary N) is 1. The van der Waals surface area contributed by atoms with Gasteiger partial charge in [0, 0.05) is 28.9 Å². The fourth-order valence-electron chi connectivity index (χ4n) is 3.27. The molecule has 5 heteroatoms. The SMILES string of the molecule is Cc1cc(Br)cnc1NC(=O)C1C[C@@H]2CC(=O)[C@H]1C2. The number of halogens is 1. The van der Waals surface area contributed by atoms with Gasteiger partial charge in [0.2, 0.25) is 5.91 Å². The molecule has 3 atom stereocenters. The molecule has 19 heavy (non-hydrogen) atoms. The molecule has 1 amide bonds. The maximum atomic E-state index is 12.3. The van der Waals surface area contributed by atoms with Gasteiger partial charge in [-0.15, -0.1) is 0 Å². The van der Waals surface area contributed by atoms with Crippen molar-refractivity contribution in [1.29, 1.82) is 0 Å². The fourth-order valence-corrected chi connectivity index (χ4v) is 3.72. The minimum atomic E-state index is -0.156. The first-order valence-corrected chi connectivity index (χ1v) is 7.29. The van der Waals surface area contributed by atoms with E-state index < -0.39 is 0 Å². The van der Waals surface area contributed by atoms with Gasteiger partial charge in [0.15, 0.2) is 0 Å². The molecule has 0 saturated heterocycles. The number of aromatic nitrogens is 1. The Balaban J connectivity index is 1.73. The number of ketones is 1. The summed E-state index contributed by atoms with van der Waals surface area (Å²) in [5, 5.41) is 2.86. The highest BCUT2D eigenvalue weighted by atomic mass is 79.9. The van der Waals surface area contributed by atoms with E-state index in [0.717, 1.165) is 22.9 Å². The molecule has 0 radical (unpaired) electrons. The summed E-state index contributed by atoms with van der Waals surface area (Å²) in [6, 6.07) is 1.91. The molecule has 1 aromatic heterocycles. The lowest BCUT2D eigenvalue weighted by Gasteiger charge is -2.20. The highest BCUT2D eigenvalue weighted by molar-refractivity contribution is 9.10. The Morgan fingerprint density at radius 3 is 2.89 bits per heavy atom. The third kappa shape index (κ3) is 2.31. The summed E-state index contributed by atoms with van der Waals surface area (Å²) in [6.45, 7) is 1.90. The van der Waals surface area contributed by atoms with Crippen molar-refractivity contribution >= 4 is 33.4 Å². The molecule has 0 spiro atoms. The van der Waals surface area contributed by atoms with E-state index in [2.05, 4.69) is 26.2 Å². The zero-order valence-electron chi connectivity index (χ0n) is 10.6. The van der Waals surface area contributed by atoms with Crippen molar-refractivity contribution in [2.24, 2.45) is 17.8 Å². The molecule has 2 saturated carbocycles. The number of aryl methyl sites for hydroxylation is 1. The first kappa shape index (κ1) is 12.8. The van der Waals surface area contributed by atoms with Gasteiger partial charge in [-0.2, -0.15) is 0 Å². The van der Waals surface area contributed by atoms with E-state index in [0.29, 0.717) is 18.2 Å². The first-order valence-electron chi connectivity index (χ1n) is 6.50. The lowest BCUT2D eigenvalue weighted by molar-refractivity contribution is -0.130. The summed E-state index contributed by atoms with van der Waals surface area (Å²) in [4.78, 5) is 28.2. The number of pyridine rings is 1. The van der Waals surface area contributed by atoms with E-state index in [9.17, 15) is 9.59 Å². The highest BCUT2D eigenvalue weighted by Crippen LogP contribution is 2.46. The molecule has 1 aromatic rings. The smallest absolute Gasteiger partial charge is 0.229 e. The van der Waals surface area contributed by atoms with Crippen molar-refractivity contribution < 1.29 is 9.59 Å². The number of rotatable bonds is 2. The maximum absolute atomic E-state index is 12.3. The zero-order valence-corrected chi connectivity index (χ0v) is 12.2. The average molecular weight is 323 g/mol. The minimum Gasteiger partial charge on any atom is -0.310 e. The van der Waals surface area contributed by atoms with Crippen molar-refractivity contribution in [2.45, 2.75) is 26.2 Å². The van der Waals surface area contributed by atoms with Crippen molar-refractivity contribution in [3.8, 4) is 0 Å². The molecular formula is C14H15BrN2O2. The molecule has 1 unspecified atom stereocenters. The molecule has 0 aliphatic heterocycles. The number of hydrogen-bond acceptors (Lipinski definition) is 3. The molecule has 3 rings (SSSR count). The lowest BCUT2D eigenvalue weighted by Crippen LogP contribution is -2.31. The van der Waals surface area contributed by atoms with Gasteiger partial charge in [0.05, 0.1) is 0 Å². The number of hydrogen-bond donors (Lipinski definition) is 1. The molecular weight excluding hydrogens is 308 g/mol. The van der Waals surface area contributed by atoms with Crippen LogP contribution in [0, 0.1) is 24.7 Å². The minimum absolute atomic E-state index is 0.0549. The molecule has 2 aliphatic rings. The predicted molar refractivity (Wildman–Crippen MR) is 74.6 cm³/mol. The van der Waals surface area contributed by atoms with Gasteiger partial charge in [0.25, 0.3) is 0 Å². The van der Waals surface area contributed by atoms with Crippen molar-refractivity contribution in [3.05, 3.63) is 22.3 Å². The van der Waals surface area contributed by atoms with Crippen LogP contribution in [0.15, 0.2) is 16.7 Å². The van der Waals surface area contributed by atoms with Crippen molar-refractivity contribution in [2.75, 3.05) is 5.32 Å². The topological polar surface area (TPSA) is 59.1 Å². The Morgan fingerprint density at radius 2 is 2.26 bits per heavy atom. The monoisotopic (exact) mass is 322 g/mol. The van der Waals surface area contributed by atoms with E-state index in [1.165, 1.54) is 0 Å². The van der Waals surface area contributed by atoms with Crippen LogP contribution in [0.3, 0.4) is 0 Å². The van der Waals surface area contributed by atoms with Gasteiger partial charge in [-0.1, -0.05) is 0 Å². The van der Waals surface area contributed by atoms with Crippen molar-refractivity contribution in [1.82, 2.24) is 4.98 Å². The summed E-state index contributed by atoms with van der Waals surface area (Å²) < 4.78 is 0.887. The van der Waals surface area contributed by atoms with Crippen LogP contribution < -0.4 is 5.32 Å². The summed E-state index contributed by atoms with van der Waals surface area (Å²) >= 11 is 3.34. The Bertz CT molecular complexity index is 558. The van der Waals surface area contributed by atoms with Crippen LogP contribution in [0.4, 0.5) is 5.82 Å². The molecule has 2 bridgehead atoms. The van der Waals surface area contributed by atoms with E-state index in [-0.39, 0.29) is 23.5 Å². The Kier molecular flexibility index (Phi) is 3.17. The quantitative estimate of drug-likeness (QED) is 0.910. The van der Waals surface area contributed by atoms with E-state index >= 15 is 0 Å². The van der Waals surface area contributed by atoms with E-state index in [4.69, 9.17) is 0 Å². The third-order valence-corrected chi connectivity index (χ3v) is 4.62. The van der Waals surface area contributed by atoms with Crippen LogP contribution in [-0.2, 0) is 9.59 Å². The van der Waals surface area contributed by atoms with Crippen LogP contribution in [-0.4, -0.2) is 16.7 Å². The Labute approximate surface area is 120 Å². The van der Waals surface area contributed by atoms with Crippen LogP contribution in [0.2, 0.25) is 0 Å². The Hall–Kier alpha value is -1.23. The number of carbonyl (C=O) groups is 2. The number of anilines is 1. The second-order valence-electron chi connectivity index (χ2n) is 5.53. The highest BCUT2D eigenvalue weighted by Gasteiger charge is 2.48. The summed E-state index contributed by atoms with van der Waals surface area (Å²) in [5.74, 6) is 1.00.